The van der Waals surface area contributed by atoms with Gasteiger partial charge in [0.2, 0.25) is 0 Å². The van der Waals surface area contributed by atoms with Crippen molar-refractivity contribution in [3.63, 3.8) is 0 Å². The average molecular weight is 220 g/mol. The first-order valence-electron chi connectivity index (χ1n) is 4.15. The fraction of sp³-hybridized carbons (Fsp3) is 0.100. The Morgan fingerprint density at radius 2 is 2.33 bits per heavy atom. The van der Waals surface area contributed by atoms with Crippen LogP contribution < -0.4 is 0 Å². The Hall–Kier alpha value is -1.80. The lowest BCUT2D eigenvalue weighted by Crippen LogP contribution is -1.92. The van der Waals surface area contributed by atoms with E-state index < -0.39 is 4.92 Å². The lowest BCUT2D eigenvalue weighted by Gasteiger charge is -1.97. The van der Waals surface area contributed by atoms with Gasteiger partial charge in [0.05, 0.1) is 22.1 Å². The molecule has 0 aliphatic heterocycles. The monoisotopic (exact) mass is 220 g/mol. The molecule has 1 aromatic carbocycles. The van der Waals surface area contributed by atoms with E-state index in [0.717, 1.165) is 0 Å². The van der Waals surface area contributed by atoms with Crippen LogP contribution in [0.3, 0.4) is 0 Å². The standard InChI is InChI=1S/C10H8N2O2S/c11-7-8-3-4-9(2-1-5-15)10(6-8)12(13)14/h1-4,6,15H,5H2. The van der Waals surface area contributed by atoms with Crippen LogP contribution in [0.5, 0.6) is 0 Å². The van der Waals surface area contributed by atoms with Crippen LogP contribution in [0.15, 0.2) is 24.3 Å². The van der Waals surface area contributed by atoms with Gasteiger partial charge in [-0.3, -0.25) is 10.1 Å². The minimum absolute atomic E-state index is 0.0629. The summed E-state index contributed by atoms with van der Waals surface area (Å²) in [6.45, 7) is 0. The number of rotatable bonds is 3. The minimum atomic E-state index is -0.501. The summed E-state index contributed by atoms with van der Waals surface area (Å²) in [6.07, 6.45) is 3.32. The number of nitro groups is 1. The molecule has 0 aliphatic carbocycles. The summed E-state index contributed by atoms with van der Waals surface area (Å²) >= 11 is 3.97. The molecular weight excluding hydrogens is 212 g/mol. The first-order valence-corrected chi connectivity index (χ1v) is 4.78. The Morgan fingerprint density at radius 1 is 1.60 bits per heavy atom. The van der Waals surface area contributed by atoms with E-state index in [9.17, 15) is 10.1 Å². The molecular formula is C10H8N2O2S. The predicted octanol–water partition coefficient (Wildman–Crippen LogP) is 2.41. The summed E-state index contributed by atoms with van der Waals surface area (Å²) in [5, 5.41) is 19.3. The molecule has 0 unspecified atom stereocenters. The van der Waals surface area contributed by atoms with Gasteiger partial charge in [0.25, 0.3) is 5.69 Å². The largest absolute Gasteiger partial charge is 0.277 e. The smallest absolute Gasteiger partial charge is 0.258 e. The summed E-state index contributed by atoms with van der Waals surface area (Å²) in [6, 6.07) is 6.22. The first kappa shape index (κ1) is 11.3. The van der Waals surface area contributed by atoms with Crippen LogP contribution in [0, 0.1) is 21.4 Å². The first-order chi connectivity index (χ1) is 7.19. The highest BCUT2D eigenvalue weighted by Gasteiger charge is 2.11. The van der Waals surface area contributed by atoms with Gasteiger partial charge in [-0.25, -0.2) is 0 Å². The fourth-order valence-corrected chi connectivity index (χ4v) is 1.20. The molecule has 0 aliphatic rings. The molecule has 0 bridgehead atoms. The van der Waals surface area contributed by atoms with Crippen molar-refractivity contribution in [2.75, 3.05) is 5.75 Å². The van der Waals surface area contributed by atoms with Gasteiger partial charge < -0.3 is 0 Å². The average Bonchev–Trinajstić information content (AvgIpc) is 2.26. The van der Waals surface area contributed by atoms with E-state index in [-0.39, 0.29) is 11.3 Å². The molecule has 15 heavy (non-hydrogen) atoms. The van der Waals surface area contributed by atoms with E-state index in [1.54, 1.807) is 24.3 Å². The Morgan fingerprint density at radius 3 is 2.87 bits per heavy atom. The Kier molecular flexibility index (Phi) is 3.89. The van der Waals surface area contributed by atoms with Gasteiger partial charge in [-0.05, 0) is 12.1 Å². The summed E-state index contributed by atoms with van der Waals surface area (Å²) in [5.74, 6) is 0.511. The van der Waals surface area contributed by atoms with Crippen molar-refractivity contribution in [1.82, 2.24) is 0 Å². The summed E-state index contributed by atoms with van der Waals surface area (Å²) in [7, 11) is 0. The molecule has 1 aromatic rings. The van der Waals surface area contributed by atoms with E-state index in [4.69, 9.17) is 5.26 Å². The van der Waals surface area contributed by atoms with Crippen molar-refractivity contribution in [2.45, 2.75) is 0 Å². The fourth-order valence-electron chi connectivity index (χ4n) is 1.09. The SMILES string of the molecule is N#Cc1ccc(C=CCS)c([N+](=O)[O-])c1. The van der Waals surface area contributed by atoms with E-state index in [1.165, 1.54) is 6.07 Å². The highest BCUT2D eigenvalue weighted by molar-refractivity contribution is 7.80. The number of nitro benzene ring substituents is 1. The van der Waals surface area contributed by atoms with E-state index in [0.29, 0.717) is 11.3 Å². The highest BCUT2D eigenvalue weighted by Crippen LogP contribution is 2.21. The topological polar surface area (TPSA) is 66.9 Å². The van der Waals surface area contributed by atoms with Crippen molar-refractivity contribution in [3.8, 4) is 6.07 Å². The zero-order valence-electron chi connectivity index (χ0n) is 7.75. The number of hydrogen-bond acceptors (Lipinski definition) is 4. The van der Waals surface area contributed by atoms with Crippen LogP contribution in [0.25, 0.3) is 6.08 Å². The molecule has 0 saturated carbocycles. The third kappa shape index (κ3) is 2.82. The van der Waals surface area contributed by atoms with Crippen molar-refractivity contribution in [1.29, 1.82) is 5.26 Å². The van der Waals surface area contributed by atoms with Crippen molar-refractivity contribution >= 4 is 24.4 Å². The Bertz CT molecular complexity index is 449. The molecule has 1 rings (SSSR count). The van der Waals surface area contributed by atoms with Gasteiger partial charge in [-0.15, -0.1) is 0 Å². The summed E-state index contributed by atoms with van der Waals surface area (Å²) in [5.41, 5.74) is 0.699. The molecule has 0 fully saturated rings. The van der Waals surface area contributed by atoms with Crippen LogP contribution in [-0.2, 0) is 0 Å². The van der Waals surface area contributed by atoms with Crippen molar-refractivity contribution in [3.05, 3.63) is 45.5 Å². The normalized spacial score (nSPS) is 10.1. The molecule has 0 radical (unpaired) electrons. The molecule has 0 saturated heterocycles. The molecule has 4 nitrogen and oxygen atoms in total. The van der Waals surface area contributed by atoms with Crippen molar-refractivity contribution < 1.29 is 4.92 Å². The molecule has 5 heteroatoms. The lowest BCUT2D eigenvalue weighted by molar-refractivity contribution is -0.385. The molecule has 0 heterocycles. The third-order valence-electron chi connectivity index (χ3n) is 1.76. The Balaban J connectivity index is 3.22. The number of hydrogen-bond donors (Lipinski definition) is 1. The lowest BCUT2D eigenvalue weighted by atomic mass is 10.1. The minimum Gasteiger partial charge on any atom is -0.258 e. The number of nitriles is 1. The van der Waals surface area contributed by atoms with Gasteiger partial charge in [-0.2, -0.15) is 17.9 Å². The molecule has 0 aromatic heterocycles. The van der Waals surface area contributed by atoms with Gasteiger partial charge >= 0.3 is 0 Å². The van der Waals surface area contributed by atoms with Gasteiger partial charge in [0.15, 0.2) is 0 Å². The molecule has 0 N–H and O–H groups in total. The molecule has 0 atom stereocenters. The summed E-state index contributed by atoms with van der Waals surface area (Å²) in [4.78, 5) is 10.2. The molecule has 76 valence electrons. The Labute approximate surface area is 92.4 Å². The number of benzene rings is 1. The van der Waals surface area contributed by atoms with Crippen LogP contribution in [0.2, 0.25) is 0 Å². The number of nitrogens with zero attached hydrogens (tertiary/aromatic N) is 2. The van der Waals surface area contributed by atoms with Gasteiger partial charge in [0.1, 0.15) is 0 Å². The van der Waals surface area contributed by atoms with E-state index in [2.05, 4.69) is 12.6 Å². The molecule has 0 spiro atoms. The van der Waals surface area contributed by atoms with Crippen LogP contribution in [0.1, 0.15) is 11.1 Å². The van der Waals surface area contributed by atoms with Crippen LogP contribution in [0.4, 0.5) is 5.69 Å². The molecule has 0 amide bonds. The maximum Gasteiger partial charge on any atom is 0.277 e. The van der Waals surface area contributed by atoms with Gasteiger partial charge in [0, 0.05) is 11.8 Å². The third-order valence-corrected chi connectivity index (χ3v) is 1.97. The van der Waals surface area contributed by atoms with Crippen molar-refractivity contribution in [2.24, 2.45) is 0 Å². The van der Waals surface area contributed by atoms with Crippen LogP contribution >= 0.6 is 12.6 Å². The summed E-state index contributed by atoms with van der Waals surface area (Å²) < 4.78 is 0. The maximum atomic E-state index is 10.7. The quantitative estimate of drug-likeness (QED) is 0.483. The zero-order valence-corrected chi connectivity index (χ0v) is 8.65. The maximum absolute atomic E-state index is 10.7. The van der Waals surface area contributed by atoms with Gasteiger partial charge in [-0.1, -0.05) is 12.2 Å². The van der Waals surface area contributed by atoms with Crippen LogP contribution in [-0.4, -0.2) is 10.7 Å². The second-order valence-electron chi connectivity index (χ2n) is 2.73. The van der Waals surface area contributed by atoms with E-state index >= 15 is 0 Å². The highest BCUT2D eigenvalue weighted by atomic mass is 32.1. The number of thiol groups is 1. The zero-order chi connectivity index (χ0) is 11.3. The van der Waals surface area contributed by atoms with E-state index in [1.807, 2.05) is 6.07 Å². The second-order valence-corrected chi connectivity index (χ2v) is 3.09. The predicted molar refractivity (Wildman–Crippen MR) is 60.7 cm³/mol. The second kappa shape index (κ2) is 5.17.